The fourth-order valence-corrected chi connectivity index (χ4v) is 3.78. The summed E-state index contributed by atoms with van der Waals surface area (Å²) in [5, 5.41) is 0. The summed E-state index contributed by atoms with van der Waals surface area (Å²) in [5.74, 6) is 1.99. The molecule has 2 aliphatic rings. The van der Waals surface area contributed by atoms with Crippen LogP contribution < -0.4 is 10.6 Å². The molecule has 0 spiro atoms. The molecule has 21 heavy (non-hydrogen) atoms. The van der Waals surface area contributed by atoms with E-state index in [0.29, 0.717) is 6.54 Å². The zero-order valence-corrected chi connectivity index (χ0v) is 13.4. The van der Waals surface area contributed by atoms with Crippen molar-refractivity contribution >= 4 is 5.82 Å². The molecular formula is C17H28N4. The van der Waals surface area contributed by atoms with Crippen molar-refractivity contribution in [2.45, 2.75) is 38.6 Å². The lowest BCUT2D eigenvalue weighted by Crippen LogP contribution is -2.38. The van der Waals surface area contributed by atoms with Crippen LogP contribution >= 0.6 is 0 Å². The highest BCUT2D eigenvalue weighted by atomic mass is 15.2. The van der Waals surface area contributed by atoms with E-state index in [4.69, 9.17) is 10.7 Å². The molecule has 1 fully saturated rings. The molecule has 0 bridgehead atoms. The van der Waals surface area contributed by atoms with Crippen molar-refractivity contribution in [3.63, 3.8) is 0 Å². The molecule has 1 aromatic rings. The molecule has 0 amide bonds. The minimum absolute atomic E-state index is 0.604. The summed E-state index contributed by atoms with van der Waals surface area (Å²) in [6, 6.07) is 2.32. The topological polar surface area (TPSA) is 45.4 Å². The number of anilines is 1. The number of hydrogen-bond donors (Lipinski definition) is 1. The van der Waals surface area contributed by atoms with Crippen molar-refractivity contribution < 1.29 is 0 Å². The number of piperidine rings is 1. The Morgan fingerprint density at radius 1 is 1.29 bits per heavy atom. The normalized spacial score (nSPS) is 19.3. The van der Waals surface area contributed by atoms with Crippen LogP contribution in [0, 0.1) is 5.92 Å². The van der Waals surface area contributed by atoms with Gasteiger partial charge < -0.3 is 15.5 Å². The SMILES string of the molecule is CN(C)CC1CCN(c2nc3c(cc2CN)CCC3)CC1. The Kier molecular flexibility index (Phi) is 4.45. The summed E-state index contributed by atoms with van der Waals surface area (Å²) in [6.45, 7) is 4.05. The van der Waals surface area contributed by atoms with Gasteiger partial charge in [-0.1, -0.05) is 0 Å². The fourth-order valence-electron chi connectivity index (χ4n) is 3.78. The number of rotatable bonds is 4. The number of fused-ring (bicyclic) bond motifs is 1. The van der Waals surface area contributed by atoms with Gasteiger partial charge in [-0.15, -0.1) is 0 Å². The zero-order chi connectivity index (χ0) is 14.8. The first kappa shape index (κ1) is 14.8. The molecule has 1 saturated heterocycles. The van der Waals surface area contributed by atoms with Crippen LogP contribution in [-0.4, -0.2) is 43.6 Å². The summed E-state index contributed by atoms with van der Waals surface area (Å²) in [5.41, 5.74) is 9.96. The molecule has 0 unspecified atom stereocenters. The average Bonchev–Trinajstić information content (AvgIpc) is 2.93. The van der Waals surface area contributed by atoms with Gasteiger partial charge in [0.25, 0.3) is 0 Å². The maximum absolute atomic E-state index is 5.97. The summed E-state index contributed by atoms with van der Waals surface area (Å²) in [4.78, 5) is 9.74. The Bertz CT molecular complexity index is 490. The van der Waals surface area contributed by atoms with Gasteiger partial charge in [0, 0.05) is 37.4 Å². The van der Waals surface area contributed by atoms with Crippen molar-refractivity contribution in [2.75, 3.05) is 38.6 Å². The van der Waals surface area contributed by atoms with Gasteiger partial charge in [-0.25, -0.2) is 4.98 Å². The third-order valence-electron chi connectivity index (χ3n) is 4.86. The summed E-state index contributed by atoms with van der Waals surface area (Å²) in [6.07, 6.45) is 6.10. The average molecular weight is 288 g/mol. The van der Waals surface area contributed by atoms with Crippen molar-refractivity contribution in [1.82, 2.24) is 9.88 Å². The van der Waals surface area contributed by atoms with E-state index in [1.165, 1.54) is 54.9 Å². The highest BCUT2D eigenvalue weighted by Gasteiger charge is 2.24. The van der Waals surface area contributed by atoms with Crippen molar-refractivity contribution in [2.24, 2.45) is 11.7 Å². The zero-order valence-electron chi connectivity index (χ0n) is 13.4. The van der Waals surface area contributed by atoms with Gasteiger partial charge >= 0.3 is 0 Å². The lowest BCUT2D eigenvalue weighted by atomic mass is 9.96. The molecule has 1 aliphatic carbocycles. The second-order valence-electron chi connectivity index (χ2n) is 6.83. The third-order valence-corrected chi connectivity index (χ3v) is 4.86. The van der Waals surface area contributed by atoms with E-state index in [1.54, 1.807) is 0 Å². The first-order valence-electron chi connectivity index (χ1n) is 8.28. The number of nitrogens with zero attached hydrogens (tertiary/aromatic N) is 3. The molecule has 2 heterocycles. The number of aromatic nitrogens is 1. The Morgan fingerprint density at radius 3 is 2.71 bits per heavy atom. The van der Waals surface area contributed by atoms with E-state index >= 15 is 0 Å². The first-order chi connectivity index (χ1) is 10.2. The Morgan fingerprint density at radius 2 is 2.05 bits per heavy atom. The maximum Gasteiger partial charge on any atom is 0.133 e. The predicted octanol–water partition coefficient (Wildman–Crippen LogP) is 1.81. The van der Waals surface area contributed by atoms with Gasteiger partial charge in [0.15, 0.2) is 0 Å². The number of pyridine rings is 1. The quantitative estimate of drug-likeness (QED) is 0.918. The van der Waals surface area contributed by atoms with Gasteiger partial charge in [0.1, 0.15) is 5.82 Å². The van der Waals surface area contributed by atoms with Gasteiger partial charge in [0.2, 0.25) is 0 Å². The van der Waals surface area contributed by atoms with Crippen LogP contribution in [-0.2, 0) is 19.4 Å². The van der Waals surface area contributed by atoms with Gasteiger partial charge in [0.05, 0.1) is 0 Å². The lowest BCUT2D eigenvalue weighted by Gasteiger charge is -2.35. The standard InChI is InChI=1S/C17H28N4/c1-20(2)12-13-6-8-21(9-7-13)17-15(11-18)10-14-4-3-5-16(14)19-17/h10,13H,3-9,11-12,18H2,1-2H3. The predicted molar refractivity (Wildman–Crippen MR) is 87.6 cm³/mol. The Balaban J connectivity index is 1.73. The highest BCUT2D eigenvalue weighted by molar-refractivity contribution is 5.51. The van der Waals surface area contributed by atoms with Crippen LogP contribution in [0.5, 0.6) is 0 Å². The van der Waals surface area contributed by atoms with E-state index in [9.17, 15) is 0 Å². The van der Waals surface area contributed by atoms with Gasteiger partial charge in [-0.3, -0.25) is 0 Å². The van der Waals surface area contributed by atoms with E-state index < -0.39 is 0 Å². The molecule has 0 atom stereocenters. The van der Waals surface area contributed by atoms with Crippen molar-refractivity contribution in [1.29, 1.82) is 0 Å². The van der Waals surface area contributed by atoms with E-state index in [1.807, 2.05) is 0 Å². The number of hydrogen-bond acceptors (Lipinski definition) is 4. The Hall–Kier alpha value is -1.13. The molecule has 116 valence electrons. The summed E-state index contributed by atoms with van der Waals surface area (Å²) < 4.78 is 0. The van der Waals surface area contributed by atoms with E-state index in [-0.39, 0.29) is 0 Å². The second-order valence-corrected chi connectivity index (χ2v) is 6.83. The van der Waals surface area contributed by atoms with Crippen molar-refractivity contribution in [3.05, 3.63) is 22.9 Å². The number of aryl methyl sites for hydroxylation is 2. The van der Waals surface area contributed by atoms with Crippen LogP contribution in [0.25, 0.3) is 0 Å². The monoisotopic (exact) mass is 288 g/mol. The minimum atomic E-state index is 0.604. The van der Waals surface area contributed by atoms with Crippen LogP contribution in [0.15, 0.2) is 6.07 Å². The smallest absolute Gasteiger partial charge is 0.133 e. The van der Waals surface area contributed by atoms with Crippen LogP contribution in [0.2, 0.25) is 0 Å². The highest BCUT2D eigenvalue weighted by Crippen LogP contribution is 2.30. The van der Waals surface area contributed by atoms with E-state index in [0.717, 1.165) is 25.4 Å². The lowest BCUT2D eigenvalue weighted by molar-refractivity contribution is 0.284. The maximum atomic E-state index is 5.97. The Labute approximate surface area is 128 Å². The molecule has 4 heteroatoms. The number of nitrogens with two attached hydrogens (primary N) is 1. The minimum Gasteiger partial charge on any atom is -0.356 e. The van der Waals surface area contributed by atoms with Crippen LogP contribution in [0.3, 0.4) is 0 Å². The molecular weight excluding hydrogens is 260 g/mol. The van der Waals surface area contributed by atoms with Crippen molar-refractivity contribution in [3.8, 4) is 0 Å². The molecule has 3 rings (SSSR count). The molecule has 2 N–H and O–H groups in total. The first-order valence-corrected chi connectivity index (χ1v) is 8.28. The molecule has 1 aromatic heterocycles. The largest absolute Gasteiger partial charge is 0.356 e. The van der Waals surface area contributed by atoms with Crippen LogP contribution in [0.1, 0.15) is 36.1 Å². The van der Waals surface area contributed by atoms with Crippen LogP contribution in [0.4, 0.5) is 5.82 Å². The molecule has 0 saturated carbocycles. The fraction of sp³-hybridized carbons (Fsp3) is 0.706. The summed E-state index contributed by atoms with van der Waals surface area (Å²) in [7, 11) is 4.34. The summed E-state index contributed by atoms with van der Waals surface area (Å²) >= 11 is 0. The molecule has 4 nitrogen and oxygen atoms in total. The second kappa shape index (κ2) is 6.32. The molecule has 0 aromatic carbocycles. The molecule has 0 radical (unpaired) electrons. The van der Waals surface area contributed by atoms with Gasteiger partial charge in [-0.05, 0) is 63.7 Å². The third kappa shape index (κ3) is 3.22. The van der Waals surface area contributed by atoms with Gasteiger partial charge in [-0.2, -0.15) is 0 Å². The van der Waals surface area contributed by atoms with E-state index in [2.05, 4.69) is 30.0 Å². The molecule has 1 aliphatic heterocycles.